The molecule has 150 valence electrons. The molecule has 0 aromatic rings. The summed E-state index contributed by atoms with van der Waals surface area (Å²) in [4.78, 5) is 27.2. The van der Waals surface area contributed by atoms with Gasteiger partial charge in [0.25, 0.3) is 0 Å². The number of hydrogen-bond donors (Lipinski definition) is 0. The van der Waals surface area contributed by atoms with Gasteiger partial charge < -0.3 is 4.74 Å². The third kappa shape index (κ3) is 3.58. The summed E-state index contributed by atoms with van der Waals surface area (Å²) in [5.74, 6) is 0.835. The number of Topliss-reactive ketones (excluding diaryl/α,β-unsaturated/α-hetero) is 2. The average molecular weight is 373 g/mol. The van der Waals surface area contributed by atoms with Crippen LogP contribution in [0, 0.1) is 22.7 Å². The first-order valence-electron chi connectivity index (χ1n) is 10.2. The van der Waals surface area contributed by atoms with Crippen LogP contribution in [0.4, 0.5) is 0 Å². The van der Waals surface area contributed by atoms with Crippen molar-refractivity contribution in [2.75, 3.05) is 7.11 Å². The van der Waals surface area contributed by atoms with Gasteiger partial charge in [0.15, 0.2) is 11.6 Å². The van der Waals surface area contributed by atoms with Crippen molar-refractivity contribution in [3.63, 3.8) is 0 Å². The van der Waals surface area contributed by atoms with Crippen LogP contribution in [0.1, 0.15) is 74.1 Å². The lowest BCUT2D eigenvalue weighted by atomic mass is 9.51. The van der Waals surface area contributed by atoms with Crippen molar-refractivity contribution in [3.8, 4) is 0 Å². The third-order valence-electron chi connectivity index (χ3n) is 6.48. The molecule has 2 rings (SSSR count). The summed E-state index contributed by atoms with van der Waals surface area (Å²) >= 11 is 0. The van der Waals surface area contributed by atoms with Gasteiger partial charge in [-0.2, -0.15) is 0 Å². The smallest absolute Gasteiger partial charge is 0.176 e. The van der Waals surface area contributed by atoms with Gasteiger partial charge in [-0.25, -0.2) is 0 Å². The number of carbonyl (C=O) groups is 2. The molecule has 0 saturated heterocycles. The zero-order chi connectivity index (χ0) is 20.6. The van der Waals surface area contributed by atoms with Crippen molar-refractivity contribution in [3.05, 3.63) is 34.6 Å². The van der Waals surface area contributed by atoms with Crippen LogP contribution >= 0.6 is 0 Å². The number of hydrogen-bond acceptors (Lipinski definition) is 3. The topological polar surface area (TPSA) is 43.4 Å². The Balaban J connectivity index is 2.49. The van der Waals surface area contributed by atoms with Crippen LogP contribution in [0.15, 0.2) is 34.6 Å². The van der Waals surface area contributed by atoms with E-state index < -0.39 is 10.8 Å². The fraction of sp³-hybridized carbons (Fsp3) is 0.667. The number of carbonyl (C=O) groups excluding carboxylic acids is 2. The highest BCUT2D eigenvalue weighted by Crippen LogP contribution is 2.55. The maximum Gasteiger partial charge on any atom is 0.176 e. The molecule has 0 aliphatic heterocycles. The normalized spacial score (nSPS) is 27.9. The van der Waals surface area contributed by atoms with Crippen LogP contribution in [0.3, 0.4) is 0 Å². The van der Waals surface area contributed by atoms with E-state index in [9.17, 15) is 9.59 Å². The Hall–Kier alpha value is -1.64. The third-order valence-corrected chi connectivity index (χ3v) is 6.48. The van der Waals surface area contributed by atoms with Gasteiger partial charge in [0.05, 0.1) is 17.9 Å². The van der Waals surface area contributed by atoms with Crippen LogP contribution in [-0.4, -0.2) is 18.7 Å². The fourth-order valence-corrected chi connectivity index (χ4v) is 5.15. The fourth-order valence-electron chi connectivity index (χ4n) is 5.15. The molecule has 0 radical (unpaired) electrons. The molecule has 2 atom stereocenters. The first kappa shape index (κ1) is 21.7. The SMILES string of the molecule is COC1=C(C)C(=O)[C@@]2(CC=C(CCC=C(C)C)C[C@H]2C(C)C)C(=O)C1(C)C. The molecule has 0 fully saturated rings. The van der Waals surface area contributed by atoms with Crippen molar-refractivity contribution in [1.82, 2.24) is 0 Å². The summed E-state index contributed by atoms with van der Waals surface area (Å²) < 4.78 is 5.50. The molecule has 0 unspecified atom stereocenters. The second kappa shape index (κ2) is 7.77. The maximum atomic E-state index is 13.7. The molecule has 2 aliphatic rings. The summed E-state index contributed by atoms with van der Waals surface area (Å²) in [6, 6.07) is 0. The number of rotatable bonds is 5. The summed E-state index contributed by atoms with van der Waals surface area (Å²) in [6.45, 7) is 14.1. The molecule has 3 nitrogen and oxygen atoms in total. The Morgan fingerprint density at radius 1 is 1.30 bits per heavy atom. The Bertz CT molecular complexity index is 714. The Kier molecular flexibility index (Phi) is 6.23. The Morgan fingerprint density at radius 2 is 1.93 bits per heavy atom. The van der Waals surface area contributed by atoms with Crippen LogP contribution in [0.25, 0.3) is 0 Å². The molecule has 0 amide bonds. The predicted octanol–water partition coefficient (Wildman–Crippen LogP) is 5.81. The number of methoxy groups -OCH3 is 1. The van der Waals surface area contributed by atoms with E-state index in [1.54, 1.807) is 7.11 Å². The van der Waals surface area contributed by atoms with E-state index in [0.717, 1.165) is 19.3 Å². The highest BCUT2D eigenvalue weighted by molar-refractivity contribution is 6.19. The monoisotopic (exact) mass is 372 g/mol. The van der Waals surface area contributed by atoms with E-state index in [-0.39, 0.29) is 23.4 Å². The van der Waals surface area contributed by atoms with Gasteiger partial charge in [-0.1, -0.05) is 37.1 Å². The highest BCUT2D eigenvalue weighted by atomic mass is 16.5. The summed E-state index contributed by atoms with van der Waals surface area (Å²) in [6.07, 6.45) is 7.81. The highest BCUT2D eigenvalue weighted by Gasteiger charge is 2.61. The van der Waals surface area contributed by atoms with Gasteiger partial charge in [-0.3, -0.25) is 9.59 Å². The van der Waals surface area contributed by atoms with Crippen LogP contribution in [-0.2, 0) is 14.3 Å². The van der Waals surface area contributed by atoms with Gasteiger partial charge in [0.1, 0.15) is 5.76 Å². The number of allylic oxidation sites excluding steroid dienone is 6. The van der Waals surface area contributed by atoms with E-state index in [0.29, 0.717) is 17.8 Å². The van der Waals surface area contributed by atoms with E-state index in [4.69, 9.17) is 4.74 Å². The average Bonchev–Trinajstić information content (AvgIpc) is 2.59. The van der Waals surface area contributed by atoms with Crippen molar-refractivity contribution in [1.29, 1.82) is 0 Å². The molecule has 0 heterocycles. The quantitative estimate of drug-likeness (QED) is 0.452. The van der Waals surface area contributed by atoms with Gasteiger partial charge in [-0.15, -0.1) is 0 Å². The molecule has 2 aliphatic carbocycles. The zero-order valence-electron chi connectivity index (χ0n) is 18.4. The maximum absolute atomic E-state index is 13.7. The van der Waals surface area contributed by atoms with Crippen molar-refractivity contribution in [2.45, 2.75) is 74.1 Å². The molecule has 0 bridgehead atoms. The molecule has 0 aromatic carbocycles. The lowest BCUT2D eigenvalue weighted by molar-refractivity contribution is -0.153. The predicted molar refractivity (Wildman–Crippen MR) is 110 cm³/mol. The summed E-state index contributed by atoms with van der Waals surface area (Å²) in [7, 11) is 1.56. The van der Waals surface area contributed by atoms with E-state index in [2.05, 4.69) is 39.8 Å². The van der Waals surface area contributed by atoms with Crippen LogP contribution in [0.2, 0.25) is 0 Å². The number of ether oxygens (including phenoxy) is 1. The van der Waals surface area contributed by atoms with Gasteiger partial charge in [-0.05, 0) is 72.1 Å². The summed E-state index contributed by atoms with van der Waals surface area (Å²) in [5, 5.41) is 0. The molecule has 1 spiro atoms. The van der Waals surface area contributed by atoms with Crippen LogP contribution < -0.4 is 0 Å². The van der Waals surface area contributed by atoms with E-state index in [1.165, 1.54) is 11.1 Å². The zero-order valence-corrected chi connectivity index (χ0v) is 18.4. The lowest BCUT2D eigenvalue weighted by Gasteiger charge is -2.50. The minimum Gasteiger partial charge on any atom is -0.500 e. The molecular formula is C24H36O3. The minimum atomic E-state index is -0.941. The lowest BCUT2D eigenvalue weighted by Crippen LogP contribution is -2.57. The first-order chi connectivity index (χ1) is 12.5. The summed E-state index contributed by atoms with van der Waals surface area (Å²) in [5.41, 5.74) is 1.62. The second-order valence-electron chi connectivity index (χ2n) is 9.35. The Morgan fingerprint density at radius 3 is 2.44 bits per heavy atom. The molecule has 0 saturated carbocycles. The van der Waals surface area contributed by atoms with Crippen molar-refractivity contribution < 1.29 is 14.3 Å². The van der Waals surface area contributed by atoms with Gasteiger partial charge in [0, 0.05) is 5.57 Å². The Labute approximate surface area is 164 Å². The largest absolute Gasteiger partial charge is 0.500 e. The molecule has 3 heteroatoms. The van der Waals surface area contributed by atoms with E-state index >= 15 is 0 Å². The van der Waals surface area contributed by atoms with Crippen LogP contribution in [0.5, 0.6) is 0 Å². The molecule has 0 N–H and O–H groups in total. The van der Waals surface area contributed by atoms with E-state index in [1.807, 2.05) is 20.8 Å². The standard InChI is InChI=1S/C24H36O3/c1-15(2)10-9-11-18-12-13-24(19(14-18)16(3)4)20(25)17(5)21(27-8)23(6,7)22(24)26/h10,12,16,19H,9,11,13-14H2,1-8H3/t19-,24-/m0/s1. The molecular weight excluding hydrogens is 336 g/mol. The van der Waals surface area contributed by atoms with Gasteiger partial charge in [0.2, 0.25) is 0 Å². The number of ketones is 2. The van der Waals surface area contributed by atoms with Crippen molar-refractivity contribution in [2.24, 2.45) is 22.7 Å². The minimum absolute atomic E-state index is 0.0260. The first-order valence-corrected chi connectivity index (χ1v) is 10.2. The van der Waals surface area contributed by atoms with Gasteiger partial charge >= 0.3 is 0 Å². The molecule has 0 aromatic heterocycles. The molecule has 27 heavy (non-hydrogen) atoms. The van der Waals surface area contributed by atoms with Crippen molar-refractivity contribution >= 4 is 11.6 Å². The second-order valence-corrected chi connectivity index (χ2v) is 9.35.